The smallest absolute Gasteiger partial charge is 0.0731 e. The first-order valence-electron chi connectivity index (χ1n) is 56.6. The van der Waals surface area contributed by atoms with Crippen molar-refractivity contribution >= 4 is 43.1 Å². The summed E-state index contributed by atoms with van der Waals surface area (Å²) >= 11 is 0. The van der Waals surface area contributed by atoms with Crippen LogP contribution in [0.25, 0.3) is 99.1 Å². The zero-order chi connectivity index (χ0) is 114. The molecule has 0 radical (unpaired) electrons. The number of nitrogens with zero attached hydrogens (tertiary/aromatic N) is 3. The number of aryl methyl sites for hydroxylation is 5. The fourth-order valence-electron chi connectivity index (χ4n) is 10.5. The van der Waals surface area contributed by atoms with Crippen molar-refractivity contribution in [3.63, 3.8) is 0 Å². The van der Waals surface area contributed by atoms with Crippen molar-refractivity contribution in [3.8, 4) is 56.0 Å². The molecule has 3 aromatic heterocycles. The Kier molecular flexibility index (Phi) is 171. The lowest BCUT2D eigenvalue weighted by Crippen LogP contribution is -1.85. The Morgan fingerprint density at radius 2 is 0.413 bits per heavy atom. The molecule has 0 aliphatic rings. The maximum absolute atomic E-state index is 4.35. The lowest BCUT2D eigenvalue weighted by molar-refractivity contribution is 1.27. The molecule has 0 fully saturated rings. The molecule has 3 heteroatoms. The third-order valence-corrected chi connectivity index (χ3v) is 15.6. The molecule has 16 rings (SSSR count). The molecule has 0 spiro atoms. The van der Waals surface area contributed by atoms with Gasteiger partial charge in [-0.3, -0.25) is 15.0 Å². The Labute approximate surface area is 893 Å². The van der Waals surface area contributed by atoms with Gasteiger partial charge in [-0.15, -0.1) is 0 Å². The number of benzene rings is 13. The summed E-state index contributed by atoms with van der Waals surface area (Å²) in [4.78, 5) is 13.0. The van der Waals surface area contributed by atoms with Crippen molar-refractivity contribution in [2.24, 2.45) is 0 Å². The summed E-state index contributed by atoms with van der Waals surface area (Å²) in [5.74, 6) is 0. The third kappa shape index (κ3) is 83.5. The van der Waals surface area contributed by atoms with E-state index in [1.54, 1.807) is 0 Å². The van der Waals surface area contributed by atoms with Crippen LogP contribution in [-0.4, -0.2) is 15.0 Å². The standard InChI is InChI=1S/2C17H14.3C12H11N.2C10H8.25C2H6/c1-13-9-11-15(12-10-13)17-8-4-6-14-5-2-3-7-16(14)17;1-13-6-8-15(9-7-13)17-11-10-14-4-2-3-5-16(14)12-17;1-10-6-5-9-13-12(10)11-7-3-2-4-8-11;1-10-7-8-13-12(9-10)11-5-3-2-4-6-11;1-10-7-8-12(13-9-10)11-5-3-2-4-6-11;2*1-2-6-10-8-4-3-7-9(10)5-1;25*1-2/h2*2-12H,1H3;3*2-9H,1H3;2*1-8H;25*1-2H3. The minimum atomic E-state index is 1.03. The number of fused-ring (bicyclic) bond motifs is 4. The van der Waals surface area contributed by atoms with Gasteiger partial charge < -0.3 is 0 Å². The zero-order valence-corrected chi connectivity index (χ0v) is 104. The van der Waals surface area contributed by atoms with Gasteiger partial charge >= 0.3 is 0 Å². The molecule has 16 aromatic rings. The highest BCUT2D eigenvalue weighted by Crippen LogP contribution is 2.30. The van der Waals surface area contributed by atoms with Crippen LogP contribution in [0.5, 0.6) is 0 Å². The Morgan fingerprint density at radius 1 is 0.140 bits per heavy atom. The van der Waals surface area contributed by atoms with E-state index in [0.29, 0.717) is 0 Å². The molecule has 0 N–H and O–H groups in total. The maximum Gasteiger partial charge on any atom is 0.0731 e. The van der Waals surface area contributed by atoms with Crippen LogP contribution >= 0.6 is 0 Å². The Bertz CT molecular complexity index is 4660. The molecule has 0 saturated heterocycles. The van der Waals surface area contributed by atoms with E-state index in [1.165, 1.54) is 110 Å². The normalized spacial score (nSPS) is 7.69. The molecular weight excluding hydrogens is 1720 g/mol. The van der Waals surface area contributed by atoms with E-state index in [0.717, 1.165) is 17.1 Å². The highest BCUT2D eigenvalue weighted by molar-refractivity contribution is 5.96. The summed E-state index contributed by atoms with van der Waals surface area (Å²) in [7, 11) is 0. The minimum absolute atomic E-state index is 1.03. The maximum atomic E-state index is 4.35. The van der Waals surface area contributed by atoms with Crippen molar-refractivity contribution in [2.75, 3.05) is 0 Å². The monoisotopic (exact) mass is 1950 g/mol. The Hall–Kier alpha value is -11.7. The summed E-state index contributed by atoms with van der Waals surface area (Å²) < 4.78 is 0. The minimum Gasteiger partial charge on any atom is -0.256 e. The molecule has 0 saturated carbocycles. The molecule has 3 nitrogen and oxygen atoms in total. The first-order chi connectivity index (χ1) is 70.7. The molecule has 0 amide bonds. The van der Waals surface area contributed by atoms with Crippen LogP contribution in [0, 0.1) is 34.6 Å². The molecule has 802 valence electrons. The number of pyridine rings is 3. The van der Waals surface area contributed by atoms with Gasteiger partial charge in [-0.25, -0.2) is 0 Å². The average Bonchev–Trinajstić information content (AvgIpc) is 0.811. The van der Waals surface area contributed by atoms with E-state index in [2.05, 4.69) is 328 Å². The molecule has 3 heterocycles. The SMILES string of the molecule is CC.CC.CC.CC.CC.CC.CC.CC.CC.CC.CC.CC.CC.CC.CC.CC.CC.CC.CC.CC.CC.CC.CC.CC.CC.Cc1ccc(-c2ccc3ccccc3c2)cc1.Cc1ccc(-c2cccc3ccccc23)cc1.Cc1ccc(-c2ccccc2)nc1.Cc1cccnc1-c1ccccc1.Cc1ccnc(-c2ccccc2)c1.c1ccc2ccccc2c1.c1ccc2ccccc2c1. The van der Waals surface area contributed by atoms with Gasteiger partial charge in [0.1, 0.15) is 0 Å². The highest BCUT2D eigenvalue weighted by atomic mass is 14.7. The van der Waals surface area contributed by atoms with E-state index in [4.69, 9.17) is 0 Å². The van der Waals surface area contributed by atoms with Gasteiger partial charge in [0.05, 0.1) is 17.1 Å². The molecular formula is C140H227N3. The summed E-state index contributed by atoms with van der Waals surface area (Å²) in [6, 6.07) is 124. The topological polar surface area (TPSA) is 38.7 Å². The van der Waals surface area contributed by atoms with Crippen molar-refractivity contribution in [1.29, 1.82) is 0 Å². The van der Waals surface area contributed by atoms with E-state index in [1.807, 2.05) is 444 Å². The van der Waals surface area contributed by atoms with E-state index in [9.17, 15) is 0 Å². The first kappa shape index (κ1) is 168. The first-order valence-corrected chi connectivity index (χ1v) is 56.6. The number of hydrogen-bond acceptors (Lipinski definition) is 3. The summed E-state index contributed by atoms with van der Waals surface area (Å²) in [5.41, 5.74) is 18.1. The largest absolute Gasteiger partial charge is 0.256 e. The predicted octanol–water partition coefficient (Wildman–Crippen LogP) is 50.1. The summed E-state index contributed by atoms with van der Waals surface area (Å²) in [6.07, 6.45) is 5.56. The molecule has 0 atom stereocenters. The van der Waals surface area contributed by atoms with E-state index < -0.39 is 0 Å². The highest BCUT2D eigenvalue weighted by Gasteiger charge is 2.05. The van der Waals surface area contributed by atoms with Crippen molar-refractivity contribution in [1.82, 2.24) is 15.0 Å². The molecule has 143 heavy (non-hydrogen) atoms. The van der Waals surface area contributed by atoms with Crippen LogP contribution in [0.3, 0.4) is 0 Å². The Balaban J connectivity index is -0.0000000878. The second kappa shape index (κ2) is 146. The van der Waals surface area contributed by atoms with Gasteiger partial charge in [0.2, 0.25) is 0 Å². The summed E-state index contributed by atoms with van der Waals surface area (Å²) in [6.45, 7) is 110. The second-order valence-corrected chi connectivity index (χ2v) is 22.7. The fraction of sp³-hybridized carbons (Fsp3) is 0.393. The molecule has 0 unspecified atom stereocenters. The van der Waals surface area contributed by atoms with Crippen molar-refractivity contribution in [3.05, 3.63) is 404 Å². The van der Waals surface area contributed by atoms with E-state index in [-0.39, 0.29) is 0 Å². The number of rotatable bonds is 5. The van der Waals surface area contributed by atoms with Crippen molar-refractivity contribution in [2.45, 2.75) is 381 Å². The van der Waals surface area contributed by atoms with Crippen LogP contribution in [-0.2, 0) is 0 Å². The van der Waals surface area contributed by atoms with Gasteiger partial charge in [0, 0.05) is 35.3 Å². The predicted molar refractivity (Wildman–Crippen MR) is 683 cm³/mol. The van der Waals surface area contributed by atoms with Crippen molar-refractivity contribution < 1.29 is 0 Å². The number of hydrogen-bond donors (Lipinski definition) is 0. The average molecular weight is 1950 g/mol. The lowest BCUT2D eigenvalue weighted by atomic mass is 9.98. The van der Waals surface area contributed by atoms with Crippen LogP contribution < -0.4 is 0 Å². The second-order valence-electron chi connectivity index (χ2n) is 22.7. The molecule has 0 aliphatic carbocycles. The van der Waals surface area contributed by atoms with Gasteiger partial charge in [0.15, 0.2) is 0 Å². The van der Waals surface area contributed by atoms with Gasteiger partial charge in [0.25, 0.3) is 0 Å². The van der Waals surface area contributed by atoms with Gasteiger partial charge in [-0.1, -0.05) is 685 Å². The van der Waals surface area contributed by atoms with Crippen LogP contribution in [0.1, 0.15) is 374 Å². The van der Waals surface area contributed by atoms with Gasteiger partial charge in [-0.05, 0) is 147 Å². The molecule has 0 aliphatic heterocycles. The third-order valence-electron chi connectivity index (χ3n) is 15.6. The van der Waals surface area contributed by atoms with E-state index >= 15 is 0 Å². The fourth-order valence-corrected chi connectivity index (χ4v) is 10.5. The van der Waals surface area contributed by atoms with Crippen LogP contribution in [0.15, 0.2) is 377 Å². The number of aromatic nitrogens is 3. The molecule has 0 bridgehead atoms. The van der Waals surface area contributed by atoms with Crippen LogP contribution in [0.4, 0.5) is 0 Å². The summed E-state index contributed by atoms with van der Waals surface area (Å²) in [5, 5.41) is 10.4. The van der Waals surface area contributed by atoms with Gasteiger partial charge in [-0.2, -0.15) is 0 Å². The Morgan fingerprint density at radius 3 is 0.734 bits per heavy atom. The zero-order valence-electron chi connectivity index (χ0n) is 104. The quantitative estimate of drug-likeness (QED) is 0.172. The van der Waals surface area contributed by atoms with Crippen LogP contribution in [0.2, 0.25) is 0 Å². The molecule has 13 aromatic carbocycles. The lowest BCUT2D eigenvalue weighted by Gasteiger charge is -2.07.